The maximum Gasteiger partial charge on any atom is 0.409 e. The molecular formula is C26H34N4O5. The lowest BCUT2D eigenvalue weighted by Crippen LogP contribution is -2.43. The topological polar surface area (TPSA) is 106 Å². The van der Waals surface area contributed by atoms with Crippen LogP contribution in [0.3, 0.4) is 0 Å². The number of primary amides is 1. The van der Waals surface area contributed by atoms with Gasteiger partial charge in [0, 0.05) is 11.8 Å². The average molecular weight is 483 g/mol. The number of carbonyl (C=O) groups excluding carboxylic acids is 2. The van der Waals surface area contributed by atoms with Crippen molar-refractivity contribution in [3.05, 3.63) is 65.4 Å². The van der Waals surface area contributed by atoms with E-state index in [0.717, 1.165) is 24.1 Å². The quantitative estimate of drug-likeness (QED) is 0.532. The minimum atomic E-state index is -0.882. The van der Waals surface area contributed by atoms with E-state index in [1.807, 2.05) is 45.3 Å². The predicted molar refractivity (Wildman–Crippen MR) is 133 cm³/mol. The summed E-state index contributed by atoms with van der Waals surface area (Å²) in [4.78, 5) is 26.7. The van der Waals surface area contributed by atoms with Crippen LogP contribution in [0.15, 0.2) is 48.7 Å². The monoisotopic (exact) mass is 482 g/mol. The molecule has 0 radical (unpaired) electrons. The first-order valence-corrected chi connectivity index (χ1v) is 11.6. The summed E-state index contributed by atoms with van der Waals surface area (Å²) < 4.78 is 16.2. The van der Waals surface area contributed by atoms with Crippen molar-refractivity contribution in [2.24, 2.45) is 5.73 Å². The Morgan fingerprint density at radius 1 is 1.14 bits per heavy atom. The molecule has 0 fully saturated rings. The number of hydrazine groups is 1. The summed E-state index contributed by atoms with van der Waals surface area (Å²) in [5.41, 5.74) is 10.7. The first-order valence-electron chi connectivity index (χ1n) is 11.6. The van der Waals surface area contributed by atoms with Gasteiger partial charge in [0.1, 0.15) is 5.75 Å². The largest absolute Gasteiger partial charge is 0.493 e. The summed E-state index contributed by atoms with van der Waals surface area (Å²) in [6.07, 6.45) is 4.98. The fourth-order valence-corrected chi connectivity index (χ4v) is 3.92. The molecule has 1 heterocycles. The molecule has 9 heteroatoms. The van der Waals surface area contributed by atoms with E-state index in [1.54, 1.807) is 31.5 Å². The van der Waals surface area contributed by atoms with Crippen LogP contribution in [0.5, 0.6) is 17.2 Å². The van der Waals surface area contributed by atoms with Crippen LogP contribution in [0.1, 0.15) is 47.3 Å². The first-order chi connectivity index (χ1) is 16.8. The van der Waals surface area contributed by atoms with Gasteiger partial charge in [-0.15, -0.1) is 0 Å². The average Bonchev–Trinajstić information content (AvgIpc) is 2.84. The lowest BCUT2D eigenvalue weighted by atomic mass is 10.0. The number of carbonyl (C=O) groups is 2. The Balaban J connectivity index is 1.79. The number of amides is 2. The highest BCUT2D eigenvalue weighted by Gasteiger charge is 2.24. The van der Waals surface area contributed by atoms with Crippen LogP contribution in [0.2, 0.25) is 0 Å². The van der Waals surface area contributed by atoms with E-state index < -0.39 is 6.09 Å². The van der Waals surface area contributed by atoms with E-state index in [1.165, 1.54) is 5.01 Å². The minimum absolute atomic E-state index is 0.119. The van der Waals surface area contributed by atoms with Gasteiger partial charge in [0.05, 0.1) is 19.8 Å². The molecule has 0 aliphatic carbocycles. The summed E-state index contributed by atoms with van der Waals surface area (Å²) in [5, 5.41) is 1.48. The van der Waals surface area contributed by atoms with Crippen molar-refractivity contribution in [3.8, 4) is 17.2 Å². The molecule has 0 saturated carbocycles. The molecule has 0 spiro atoms. The summed E-state index contributed by atoms with van der Waals surface area (Å²) in [7, 11) is 5.59. The van der Waals surface area contributed by atoms with Crippen LogP contribution in [0.4, 0.5) is 4.79 Å². The van der Waals surface area contributed by atoms with Crippen molar-refractivity contribution < 1.29 is 23.8 Å². The van der Waals surface area contributed by atoms with Gasteiger partial charge in [-0.05, 0) is 88.3 Å². The highest BCUT2D eigenvalue weighted by atomic mass is 16.5. The zero-order valence-electron chi connectivity index (χ0n) is 20.7. The summed E-state index contributed by atoms with van der Waals surface area (Å²) in [6.45, 7) is 3.30. The fraction of sp³-hybridized carbons (Fsp3) is 0.385. The van der Waals surface area contributed by atoms with Gasteiger partial charge in [-0.25, -0.2) is 15.2 Å². The van der Waals surface area contributed by atoms with E-state index in [-0.39, 0.29) is 11.9 Å². The number of nitrogens with two attached hydrogens (primary N) is 1. The van der Waals surface area contributed by atoms with Crippen molar-refractivity contribution >= 4 is 12.0 Å². The molecule has 0 aromatic heterocycles. The Bertz CT molecular complexity index is 1070. The zero-order chi connectivity index (χ0) is 25.4. The number of nitrogens with one attached hydrogen (secondary N) is 1. The van der Waals surface area contributed by atoms with Crippen LogP contribution in [0, 0.1) is 0 Å². The van der Waals surface area contributed by atoms with Gasteiger partial charge in [0.2, 0.25) is 0 Å². The number of methoxy groups -OCH3 is 1. The van der Waals surface area contributed by atoms with Gasteiger partial charge in [0.25, 0.3) is 5.91 Å². The van der Waals surface area contributed by atoms with Crippen molar-refractivity contribution in [1.29, 1.82) is 0 Å². The van der Waals surface area contributed by atoms with E-state index in [9.17, 15) is 9.59 Å². The SMILES string of the molecule is CCOc1cc(C2CC=CN(C(=O)c3ccc(OC(N)=O)c(CCCN(C)C)c3)N2)ccc1OC. The molecule has 35 heavy (non-hydrogen) atoms. The van der Waals surface area contributed by atoms with Crippen LogP contribution < -0.4 is 25.4 Å². The van der Waals surface area contributed by atoms with Gasteiger partial charge >= 0.3 is 6.09 Å². The molecule has 1 aliphatic heterocycles. The van der Waals surface area contributed by atoms with Crippen molar-refractivity contribution in [2.45, 2.75) is 32.2 Å². The van der Waals surface area contributed by atoms with Gasteiger partial charge in [-0.2, -0.15) is 0 Å². The van der Waals surface area contributed by atoms with E-state index in [2.05, 4.69) is 10.3 Å². The highest BCUT2D eigenvalue weighted by Crippen LogP contribution is 2.32. The predicted octanol–water partition coefficient (Wildman–Crippen LogP) is 3.65. The third-order valence-electron chi connectivity index (χ3n) is 5.60. The second-order valence-corrected chi connectivity index (χ2v) is 8.47. The van der Waals surface area contributed by atoms with Crippen molar-refractivity contribution in [2.75, 3.05) is 34.4 Å². The maximum absolute atomic E-state index is 13.3. The molecule has 2 aromatic rings. The molecule has 1 atom stereocenters. The molecule has 0 saturated heterocycles. The molecule has 1 aliphatic rings. The third kappa shape index (κ3) is 6.97. The number of hydrogen-bond donors (Lipinski definition) is 2. The molecule has 1 unspecified atom stereocenters. The number of aryl methyl sites for hydroxylation is 1. The van der Waals surface area contributed by atoms with Crippen LogP contribution in [-0.2, 0) is 6.42 Å². The van der Waals surface area contributed by atoms with E-state index >= 15 is 0 Å². The third-order valence-corrected chi connectivity index (χ3v) is 5.60. The lowest BCUT2D eigenvalue weighted by molar-refractivity contribution is 0.0713. The zero-order valence-corrected chi connectivity index (χ0v) is 20.7. The molecular weight excluding hydrogens is 448 g/mol. The van der Waals surface area contributed by atoms with Gasteiger partial charge in [0.15, 0.2) is 11.5 Å². The normalized spacial score (nSPS) is 15.2. The molecule has 3 N–H and O–H groups in total. The first kappa shape index (κ1) is 26.1. The molecule has 2 aromatic carbocycles. The van der Waals surface area contributed by atoms with Gasteiger partial charge in [-0.3, -0.25) is 4.79 Å². The maximum atomic E-state index is 13.3. The van der Waals surface area contributed by atoms with E-state index in [4.69, 9.17) is 19.9 Å². The van der Waals surface area contributed by atoms with Crippen LogP contribution in [0.25, 0.3) is 0 Å². The highest BCUT2D eigenvalue weighted by molar-refractivity contribution is 5.95. The summed E-state index contributed by atoms with van der Waals surface area (Å²) >= 11 is 0. The molecule has 3 rings (SSSR count). The number of rotatable bonds is 10. The van der Waals surface area contributed by atoms with Crippen molar-refractivity contribution in [3.63, 3.8) is 0 Å². The number of benzene rings is 2. The summed E-state index contributed by atoms with van der Waals surface area (Å²) in [5.74, 6) is 1.47. The molecule has 2 amide bonds. The number of nitrogens with zero attached hydrogens (tertiary/aromatic N) is 2. The van der Waals surface area contributed by atoms with Crippen LogP contribution >= 0.6 is 0 Å². The van der Waals surface area contributed by atoms with Gasteiger partial charge in [-0.1, -0.05) is 12.1 Å². The smallest absolute Gasteiger partial charge is 0.409 e. The van der Waals surface area contributed by atoms with E-state index in [0.29, 0.717) is 42.3 Å². The number of ether oxygens (including phenoxy) is 3. The minimum Gasteiger partial charge on any atom is -0.493 e. The molecule has 188 valence electrons. The Morgan fingerprint density at radius 2 is 1.91 bits per heavy atom. The summed E-state index contributed by atoms with van der Waals surface area (Å²) in [6, 6.07) is 10.6. The standard InChI is InChI=1S/C26H34N4O5/c1-5-34-24-17-18(10-13-23(24)33-4)21-9-7-15-30(28-21)25(31)20-11-12-22(35-26(27)32)19(16-20)8-6-14-29(2)3/h7,10-13,15-17,21,28H,5-6,8-9,14H2,1-4H3,(H2,27,32). The second kappa shape index (κ2) is 12.2. The lowest BCUT2D eigenvalue weighted by Gasteiger charge is -2.30. The van der Waals surface area contributed by atoms with Crippen LogP contribution in [-0.4, -0.2) is 56.3 Å². The van der Waals surface area contributed by atoms with Gasteiger partial charge < -0.3 is 24.8 Å². The Morgan fingerprint density at radius 3 is 2.60 bits per heavy atom. The van der Waals surface area contributed by atoms with Crippen molar-refractivity contribution in [1.82, 2.24) is 15.3 Å². The Kier molecular flexibility index (Phi) is 9.11. The molecule has 9 nitrogen and oxygen atoms in total. The number of hydrogen-bond acceptors (Lipinski definition) is 7. The Labute approximate surface area is 206 Å². The molecule has 0 bridgehead atoms. The Hall–Kier alpha value is -3.56. The fourth-order valence-electron chi connectivity index (χ4n) is 3.92. The second-order valence-electron chi connectivity index (χ2n) is 8.47.